The first-order valence-corrected chi connectivity index (χ1v) is 7.36. The highest BCUT2D eigenvalue weighted by molar-refractivity contribution is 6.30. The molecule has 0 saturated heterocycles. The highest BCUT2D eigenvalue weighted by atomic mass is 35.5. The molecule has 1 atom stereocenters. The number of amides is 2. The van der Waals surface area contributed by atoms with Gasteiger partial charge >= 0.3 is 6.03 Å². The molecular formula is C17H19ClN2O. The fourth-order valence-electron chi connectivity index (χ4n) is 2.15. The maximum absolute atomic E-state index is 12.1. The largest absolute Gasteiger partial charge is 0.331 e. The molecule has 3 nitrogen and oxygen atoms in total. The van der Waals surface area contributed by atoms with Gasteiger partial charge in [0.15, 0.2) is 0 Å². The van der Waals surface area contributed by atoms with Gasteiger partial charge in [-0.05, 0) is 42.7 Å². The summed E-state index contributed by atoms with van der Waals surface area (Å²) in [5.74, 6) is 0. The molecule has 2 aromatic rings. The van der Waals surface area contributed by atoms with Crippen molar-refractivity contribution >= 4 is 23.3 Å². The molecule has 0 heterocycles. The molecule has 0 unspecified atom stereocenters. The zero-order valence-corrected chi connectivity index (χ0v) is 12.9. The first kappa shape index (κ1) is 15.4. The third-order valence-corrected chi connectivity index (χ3v) is 3.63. The second kappa shape index (κ2) is 7.14. The highest BCUT2D eigenvalue weighted by Gasteiger charge is 2.13. The van der Waals surface area contributed by atoms with Crippen LogP contribution in [-0.2, 0) is 0 Å². The standard InChI is InChI=1S/C17H19ClN2O/c1-3-15(13-8-10-14(18)11-9-13)19-17(21)20-16-7-5-4-6-12(16)2/h4-11,15H,3H2,1-2H3,(H2,19,20,21)/t15-/m0/s1. The quantitative estimate of drug-likeness (QED) is 0.827. The molecule has 0 aliphatic rings. The van der Waals surface area contributed by atoms with Gasteiger partial charge in [-0.25, -0.2) is 4.79 Å². The fraction of sp³-hybridized carbons (Fsp3) is 0.235. The van der Waals surface area contributed by atoms with Crippen molar-refractivity contribution < 1.29 is 4.79 Å². The molecule has 0 aromatic heterocycles. The average Bonchev–Trinajstić information content (AvgIpc) is 2.48. The molecule has 0 saturated carbocycles. The van der Waals surface area contributed by atoms with Gasteiger partial charge < -0.3 is 10.6 Å². The van der Waals surface area contributed by atoms with Crippen molar-refractivity contribution in [2.75, 3.05) is 5.32 Å². The molecule has 0 radical (unpaired) electrons. The molecule has 4 heteroatoms. The Labute approximate surface area is 130 Å². The van der Waals surface area contributed by atoms with Crippen LogP contribution >= 0.6 is 11.6 Å². The van der Waals surface area contributed by atoms with E-state index in [1.807, 2.05) is 62.4 Å². The van der Waals surface area contributed by atoms with E-state index in [4.69, 9.17) is 11.6 Å². The number of hydrogen-bond donors (Lipinski definition) is 2. The van der Waals surface area contributed by atoms with Gasteiger partial charge in [-0.15, -0.1) is 0 Å². The van der Waals surface area contributed by atoms with E-state index < -0.39 is 0 Å². The summed E-state index contributed by atoms with van der Waals surface area (Å²) in [7, 11) is 0. The lowest BCUT2D eigenvalue weighted by atomic mass is 10.1. The van der Waals surface area contributed by atoms with Crippen LogP contribution in [0.1, 0.15) is 30.5 Å². The number of carbonyl (C=O) groups excluding carboxylic acids is 1. The average molecular weight is 303 g/mol. The summed E-state index contributed by atoms with van der Waals surface area (Å²) in [5, 5.41) is 6.56. The van der Waals surface area contributed by atoms with Crippen molar-refractivity contribution in [2.24, 2.45) is 0 Å². The maximum atomic E-state index is 12.1. The number of aryl methyl sites for hydroxylation is 1. The van der Waals surface area contributed by atoms with E-state index in [0.717, 1.165) is 23.2 Å². The van der Waals surface area contributed by atoms with Gasteiger partial charge in [0.1, 0.15) is 0 Å². The summed E-state index contributed by atoms with van der Waals surface area (Å²) >= 11 is 5.89. The van der Waals surface area contributed by atoms with E-state index in [1.165, 1.54) is 0 Å². The second-order valence-corrected chi connectivity index (χ2v) is 5.36. The number of carbonyl (C=O) groups is 1. The van der Waals surface area contributed by atoms with Gasteiger partial charge in [0.25, 0.3) is 0 Å². The van der Waals surface area contributed by atoms with Gasteiger partial charge in [-0.3, -0.25) is 0 Å². The molecule has 0 spiro atoms. The van der Waals surface area contributed by atoms with Crippen LogP contribution in [0.3, 0.4) is 0 Å². The van der Waals surface area contributed by atoms with Gasteiger partial charge in [0, 0.05) is 10.7 Å². The van der Waals surface area contributed by atoms with Gasteiger partial charge in [0.05, 0.1) is 6.04 Å². The summed E-state index contributed by atoms with van der Waals surface area (Å²) in [4.78, 5) is 12.1. The van der Waals surface area contributed by atoms with Crippen LogP contribution in [0, 0.1) is 6.92 Å². The molecule has 21 heavy (non-hydrogen) atoms. The van der Waals surface area contributed by atoms with E-state index in [9.17, 15) is 4.79 Å². The maximum Gasteiger partial charge on any atom is 0.319 e. The van der Waals surface area contributed by atoms with E-state index in [1.54, 1.807) is 0 Å². The fourth-order valence-corrected chi connectivity index (χ4v) is 2.27. The molecule has 0 fully saturated rings. The zero-order chi connectivity index (χ0) is 15.2. The normalized spacial score (nSPS) is 11.8. The number of para-hydroxylation sites is 1. The van der Waals surface area contributed by atoms with Gasteiger partial charge in [-0.1, -0.05) is 48.9 Å². The van der Waals surface area contributed by atoms with Gasteiger partial charge in [0.2, 0.25) is 0 Å². The Morgan fingerprint density at radius 3 is 2.43 bits per heavy atom. The predicted octanol–water partition coefficient (Wildman–Crippen LogP) is 4.92. The topological polar surface area (TPSA) is 41.1 Å². The van der Waals surface area contributed by atoms with Crippen LogP contribution in [0.5, 0.6) is 0 Å². The second-order valence-electron chi connectivity index (χ2n) is 4.93. The first-order valence-electron chi connectivity index (χ1n) is 6.98. The Bertz CT molecular complexity index is 610. The smallest absolute Gasteiger partial charge is 0.319 e. The minimum absolute atomic E-state index is 0.0358. The number of urea groups is 1. The van der Waals surface area contributed by atoms with Crippen molar-refractivity contribution in [3.63, 3.8) is 0 Å². The zero-order valence-electron chi connectivity index (χ0n) is 12.2. The molecule has 0 aliphatic heterocycles. The van der Waals surface area contributed by atoms with E-state index in [0.29, 0.717) is 5.02 Å². The Hall–Kier alpha value is -2.00. The van der Waals surface area contributed by atoms with Crippen molar-refractivity contribution in [3.05, 3.63) is 64.7 Å². The van der Waals surface area contributed by atoms with Crippen molar-refractivity contribution in [2.45, 2.75) is 26.3 Å². The molecule has 2 aromatic carbocycles. The van der Waals surface area contributed by atoms with Crippen molar-refractivity contribution in [3.8, 4) is 0 Å². The van der Waals surface area contributed by atoms with Crippen LogP contribution in [0.2, 0.25) is 5.02 Å². The summed E-state index contributed by atoms with van der Waals surface area (Å²) in [6, 6.07) is 15.0. The highest BCUT2D eigenvalue weighted by Crippen LogP contribution is 2.20. The van der Waals surface area contributed by atoms with E-state index >= 15 is 0 Å². The number of hydrogen-bond acceptors (Lipinski definition) is 1. The Morgan fingerprint density at radius 2 is 1.81 bits per heavy atom. The minimum Gasteiger partial charge on any atom is -0.331 e. The number of rotatable bonds is 4. The lowest BCUT2D eigenvalue weighted by molar-refractivity contribution is 0.248. The van der Waals surface area contributed by atoms with Crippen LogP contribution in [-0.4, -0.2) is 6.03 Å². The van der Waals surface area contributed by atoms with E-state index in [-0.39, 0.29) is 12.1 Å². The summed E-state index contributed by atoms with van der Waals surface area (Å²) in [6.45, 7) is 4.00. The third-order valence-electron chi connectivity index (χ3n) is 3.38. The first-order chi connectivity index (χ1) is 10.1. The van der Waals surface area contributed by atoms with Crippen molar-refractivity contribution in [1.82, 2.24) is 5.32 Å². The number of nitrogens with one attached hydrogen (secondary N) is 2. The summed E-state index contributed by atoms with van der Waals surface area (Å²) in [5.41, 5.74) is 2.90. The molecule has 0 aliphatic carbocycles. The lowest BCUT2D eigenvalue weighted by Crippen LogP contribution is -2.32. The predicted molar refractivity (Wildman–Crippen MR) is 87.8 cm³/mol. The molecule has 2 amide bonds. The van der Waals surface area contributed by atoms with Crippen LogP contribution < -0.4 is 10.6 Å². The molecule has 2 N–H and O–H groups in total. The summed E-state index contributed by atoms with van der Waals surface area (Å²) in [6.07, 6.45) is 0.808. The monoisotopic (exact) mass is 302 g/mol. The van der Waals surface area contributed by atoms with Gasteiger partial charge in [-0.2, -0.15) is 0 Å². The summed E-state index contributed by atoms with van der Waals surface area (Å²) < 4.78 is 0. The van der Waals surface area contributed by atoms with Crippen LogP contribution in [0.25, 0.3) is 0 Å². The van der Waals surface area contributed by atoms with Crippen LogP contribution in [0.15, 0.2) is 48.5 Å². The Morgan fingerprint density at radius 1 is 1.14 bits per heavy atom. The Kier molecular flexibility index (Phi) is 5.23. The molecular weight excluding hydrogens is 284 g/mol. The third kappa shape index (κ3) is 4.23. The number of anilines is 1. The van der Waals surface area contributed by atoms with Crippen molar-refractivity contribution in [1.29, 1.82) is 0 Å². The van der Waals surface area contributed by atoms with Crippen LogP contribution in [0.4, 0.5) is 10.5 Å². The molecule has 2 rings (SSSR count). The molecule has 110 valence electrons. The number of halogens is 1. The minimum atomic E-state index is -0.203. The lowest BCUT2D eigenvalue weighted by Gasteiger charge is -2.18. The SMILES string of the molecule is CC[C@H](NC(=O)Nc1ccccc1C)c1ccc(Cl)cc1. The van der Waals surface area contributed by atoms with E-state index in [2.05, 4.69) is 10.6 Å². The number of benzene rings is 2. The molecule has 0 bridgehead atoms. The Balaban J connectivity index is 2.03.